The molecule has 0 aromatic heterocycles. The minimum Gasteiger partial charge on any atom is -0.303 e. The summed E-state index contributed by atoms with van der Waals surface area (Å²) >= 11 is 0. The van der Waals surface area contributed by atoms with E-state index in [1.807, 2.05) is 0 Å². The maximum atomic E-state index is 9.72. The lowest BCUT2D eigenvalue weighted by Crippen LogP contribution is -2.30. The molecule has 1 saturated heterocycles. The summed E-state index contributed by atoms with van der Waals surface area (Å²) in [6.07, 6.45) is 7.63. The fraction of sp³-hybridized carbons (Fsp3) is 1.00. The summed E-state index contributed by atoms with van der Waals surface area (Å²) in [6, 6.07) is 0. The van der Waals surface area contributed by atoms with Crippen LogP contribution >= 0.6 is 0 Å². The van der Waals surface area contributed by atoms with Gasteiger partial charge in [-0.25, -0.2) is 4.18 Å². The van der Waals surface area contributed by atoms with Gasteiger partial charge in [0.15, 0.2) is 0 Å². The lowest BCUT2D eigenvalue weighted by atomic mass is 10.1. The van der Waals surface area contributed by atoms with E-state index in [2.05, 4.69) is 16.0 Å². The molecule has 110 valence electrons. The average Bonchev–Trinajstić information content (AvgIpc) is 2.35. The Morgan fingerprint density at radius 1 is 1.11 bits per heavy atom. The molecule has 1 aliphatic rings. The zero-order valence-electron chi connectivity index (χ0n) is 11.6. The monoisotopic (exact) mass is 281 g/mol. The number of hydrogen-bond acceptors (Lipinski definition) is 4. The van der Waals surface area contributed by atoms with Gasteiger partial charge in [-0.3, -0.25) is 4.55 Å². The highest BCUT2D eigenvalue weighted by Crippen LogP contribution is 2.08. The van der Waals surface area contributed by atoms with Crippen molar-refractivity contribution in [1.82, 2.24) is 4.90 Å². The normalized spacial score (nSPS) is 17.1. The molecule has 1 N–H and O–H groups in total. The van der Waals surface area contributed by atoms with Crippen LogP contribution in [0, 0.1) is 0 Å². The Morgan fingerprint density at radius 3 is 2.11 bits per heavy atom. The van der Waals surface area contributed by atoms with E-state index in [1.165, 1.54) is 51.7 Å². The zero-order chi connectivity index (χ0) is 13.9. The molecule has 0 unspecified atom stereocenters. The fourth-order valence-corrected chi connectivity index (χ4v) is 2.13. The van der Waals surface area contributed by atoms with E-state index in [4.69, 9.17) is 4.55 Å². The summed E-state index contributed by atoms with van der Waals surface area (Å²) < 4.78 is 31.3. The average molecular weight is 281 g/mol. The van der Waals surface area contributed by atoms with Crippen molar-refractivity contribution in [3.8, 4) is 0 Å². The van der Waals surface area contributed by atoms with E-state index in [9.17, 15) is 8.42 Å². The summed E-state index contributed by atoms with van der Waals surface area (Å²) in [5.41, 5.74) is 0. The molecule has 1 aliphatic heterocycles. The topological polar surface area (TPSA) is 66.8 Å². The second-order valence-electron chi connectivity index (χ2n) is 4.51. The van der Waals surface area contributed by atoms with Crippen LogP contribution in [0.2, 0.25) is 0 Å². The molecule has 5 nitrogen and oxygen atoms in total. The maximum absolute atomic E-state index is 9.72. The van der Waals surface area contributed by atoms with Crippen LogP contribution in [-0.4, -0.2) is 44.1 Å². The first-order chi connectivity index (χ1) is 8.49. The quantitative estimate of drug-likeness (QED) is 0.758. The Morgan fingerprint density at radius 2 is 1.72 bits per heavy atom. The van der Waals surface area contributed by atoms with Gasteiger partial charge in [-0.1, -0.05) is 26.7 Å². The molecule has 6 heteroatoms. The third-order valence-electron chi connectivity index (χ3n) is 2.71. The first-order valence-electron chi connectivity index (χ1n) is 6.83. The van der Waals surface area contributed by atoms with Crippen LogP contribution in [0.4, 0.5) is 0 Å². The first-order valence-corrected chi connectivity index (χ1v) is 8.20. The lowest BCUT2D eigenvalue weighted by Gasteiger charge is -2.25. The predicted molar refractivity (Wildman–Crippen MR) is 73.0 cm³/mol. The number of unbranched alkanes of at least 4 members (excludes halogenated alkanes) is 1. The van der Waals surface area contributed by atoms with Crippen molar-refractivity contribution in [2.75, 3.05) is 26.2 Å². The van der Waals surface area contributed by atoms with Crippen molar-refractivity contribution in [2.24, 2.45) is 0 Å². The first kappa shape index (κ1) is 17.8. The van der Waals surface area contributed by atoms with Crippen molar-refractivity contribution in [3.05, 3.63) is 0 Å². The molecule has 1 heterocycles. The predicted octanol–water partition coefficient (Wildman–Crippen LogP) is 2.49. The molecule has 0 aromatic carbocycles. The third kappa shape index (κ3) is 12.3. The van der Waals surface area contributed by atoms with Gasteiger partial charge in [0.2, 0.25) is 0 Å². The van der Waals surface area contributed by atoms with Crippen molar-refractivity contribution in [2.45, 2.75) is 52.4 Å². The number of rotatable bonds is 6. The highest BCUT2D eigenvalue weighted by molar-refractivity contribution is 7.80. The molecule has 1 fully saturated rings. The second-order valence-corrected chi connectivity index (χ2v) is 5.60. The smallest absolute Gasteiger partial charge is 0.303 e. The third-order valence-corrected chi connectivity index (χ3v) is 3.18. The van der Waals surface area contributed by atoms with Crippen LogP contribution in [0.3, 0.4) is 0 Å². The molecule has 0 radical (unpaired) electrons. The summed E-state index contributed by atoms with van der Waals surface area (Å²) in [4.78, 5) is 2.60. The second kappa shape index (κ2) is 10.7. The molecule has 0 aliphatic carbocycles. The van der Waals surface area contributed by atoms with Crippen LogP contribution in [0.5, 0.6) is 0 Å². The van der Waals surface area contributed by atoms with Gasteiger partial charge in [0, 0.05) is 0 Å². The fourth-order valence-electron chi connectivity index (χ4n) is 1.75. The SMILES string of the molecule is CCCCN1CCCCC1.CCCOS(=O)(=O)O. The number of hydrogen-bond donors (Lipinski definition) is 1. The Labute approximate surface area is 111 Å². The number of nitrogens with zero attached hydrogens (tertiary/aromatic N) is 1. The van der Waals surface area contributed by atoms with E-state index in [1.54, 1.807) is 6.92 Å². The molecule has 0 saturated carbocycles. The van der Waals surface area contributed by atoms with E-state index >= 15 is 0 Å². The van der Waals surface area contributed by atoms with Crippen molar-refractivity contribution < 1.29 is 17.2 Å². The summed E-state index contributed by atoms with van der Waals surface area (Å²) in [5.74, 6) is 0. The van der Waals surface area contributed by atoms with E-state index in [0.29, 0.717) is 6.42 Å². The maximum Gasteiger partial charge on any atom is 0.397 e. The molecular weight excluding hydrogens is 254 g/mol. The number of piperidine rings is 1. The Bertz CT molecular complexity index is 274. The summed E-state index contributed by atoms with van der Waals surface area (Å²) in [6.45, 7) is 8.12. The van der Waals surface area contributed by atoms with E-state index < -0.39 is 10.4 Å². The van der Waals surface area contributed by atoms with Gasteiger partial charge < -0.3 is 4.90 Å². The van der Waals surface area contributed by atoms with Gasteiger partial charge in [0.1, 0.15) is 0 Å². The van der Waals surface area contributed by atoms with Crippen LogP contribution in [0.1, 0.15) is 52.4 Å². The number of likely N-dealkylation sites (tertiary alicyclic amines) is 1. The summed E-state index contributed by atoms with van der Waals surface area (Å²) in [5, 5.41) is 0. The van der Waals surface area contributed by atoms with Gasteiger partial charge in [-0.15, -0.1) is 0 Å². The van der Waals surface area contributed by atoms with Gasteiger partial charge in [-0.2, -0.15) is 8.42 Å². The zero-order valence-corrected chi connectivity index (χ0v) is 12.4. The van der Waals surface area contributed by atoms with Crippen LogP contribution in [0.25, 0.3) is 0 Å². The molecule has 0 amide bonds. The highest BCUT2D eigenvalue weighted by atomic mass is 32.3. The van der Waals surface area contributed by atoms with Crippen molar-refractivity contribution in [1.29, 1.82) is 0 Å². The standard InChI is InChI=1S/C9H19N.C3H8O4S/c1-2-3-7-10-8-5-4-6-9-10;1-2-3-7-8(4,5)6/h2-9H2,1H3;2-3H2,1H3,(H,4,5,6). The Balaban J connectivity index is 0.000000331. The molecule has 0 atom stereocenters. The van der Waals surface area contributed by atoms with Crippen molar-refractivity contribution >= 4 is 10.4 Å². The van der Waals surface area contributed by atoms with Crippen molar-refractivity contribution in [3.63, 3.8) is 0 Å². The van der Waals surface area contributed by atoms with Gasteiger partial charge in [-0.05, 0) is 45.3 Å². The summed E-state index contributed by atoms with van der Waals surface area (Å²) in [7, 11) is -4.19. The van der Waals surface area contributed by atoms with Gasteiger partial charge >= 0.3 is 10.4 Å². The molecule has 0 aromatic rings. The lowest BCUT2D eigenvalue weighted by molar-refractivity contribution is 0.226. The molecule has 1 rings (SSSR count). The van der Waals surface area contributed by atoms with E-state index in [0.717, 1.165) is 0 Å². The van der Waals surface area contributed by atoms with Gasteiger partial charge in [0.25, 0.3) is 0 Å². The Hall–Kier alpha value is -0.170. The molecule has 18 heavy (non-hydrogen) atoms. The minimum atomic E-state index is -4.19. The molecule has 0 spiro atoms. The van der Waals surface area contributed by atoms with Gasteiger partial charge in [0.05, 0.1) is 6.61 Å². The Kier molecular flexibility index (Phi) is 10.6. The van der Waals surface area contributed by atoms with E-state index in [-0.39, 0.29) is 6.61 Å². The van der Waals surface area contributed by atoms with Crippen LogP contribution < -0.4 is 0 Å². The molecule has 0 bridgehead atoms. The largest absolute Gasteiger partial charge is 0.397 e. The minimum absolute atomic E-state index is 0.0405. The van der Waals surface area contributed by atoms with Crippen LogP contribution in [0.15, 0.2) is 0 Å². The highest BCUT2D eigenvalue weighted by Gasteiger charge is 2.07. The molecular formula is C12H27NO4S. The van der Waals surface area contributed by atoms with Crippen LogP contribution in [-0.2, 0) is 14.6 Å².